The smallest absolute Gasteiger partial charge is 0.0461 e. The zero-order valence-corrected chi connectivity index (χ0v) is 23.4. The first-order valence-corrected chi connectivity index (χ1v) is 15.0. The lowest BCUT2D eigenvalue weighted by Crippen LogP contribution is -2.33. The summed E-state index contributed by atoms with van der Waals surface area (Å²) >= 11 is 0. The summed E-state index contributed by atoms with van der Waals surface area (Å²) in [6.07, 6.45) is 11.7. The highest BCUT2D eigenvalue weighted by Gasteiger charge is 2.38. The van der Waals surface area contributed by atoms with Crippen molar-refractivity contribution >= 4 is 22.7 Å². The third kappa shape index (κ3) is 5.35. The molecule has 0 aliphatic heterocycles. The van der Waals surface area contributed by atoms with Gasteiger partial charge in [-0.15, -0.1) is 0 Å². The average Bonchev–Trinajstić information content (AvgIpc) is 2.99. The summed E-state index contributed by atoms with van der Waals surface area (Å²) in [6, 6.07) is 38.2. The minimum atomic E-state index is 0.0448. The Morgan fingerprint density at radius 3 is 1.79 bits per heavy atom. The van der Waals surface area contributed by atoms with Gasteiger partial charge in [-0.3, -0.25) is 0 Å². The molecule has 0 heterocycles. The van der Waals surface area contributed by atoms with Gasteiger partial charge in [0.25, 0.3) is 0 Å². The summed E-state index contributed by atoms with van der Waals surface area (Å²) in [5.41, 5.74) is 14.9. The molecule has 0 bridgehead atoms. The maximum absolute atomic E-state index is 6.08. The summed E-state index contributed by atoms with van der Waals surface area (Å²) in [4.78, 5) is 2.40. The molecule has 2 N–H and O–H groups in total. The van der Waals surface area contributed by atoms with Crippen molar-refractivity contribution in [3.05, 3.63) is 120 Å². The van der Waals surface area contributed by atoms with Gasteiger partial charge in [-0.1, -0.05) is 93.6 Å². The molecule has 2 saturated carbocycles. The van der Waals surface area contributed by atoms with Gasteiger partial charge < -0.3 is 10.6 Å². The molecule has 6 rings (SSSR count). The fourth-order valence-corrected chi connectivity index (χ4v) is 7.33. The molecule has 2 atom stereocenters. The molecule has 2 aliphatic rings. The van der Waals surface area contributed by atoms with Crippen LogP contribution in [0.4, 0.5) is 22.7 Å². The number of benzene rings is 4. The Bertz CT molecular complexity index is 1340. The molecule has 39 heavy (non-hydrogen) atoms. The molecule has 4 aromatic rings. The summed E-state index contributed by atoms with van der Waals surface area (Å²) in [5, 5.41) is 0. The van der Waals surface area contributed by atoms with Crippen LogP contribution in [0.1, 0.15) is 87.3 Å². The van der Waals surface area contributed by atoms with Crippen LogP contribution in [0.2, 0.25) is 0 Å². The van der Waals surface area contributed by atoms with Gasteiger partial charge in [0.15, 0.2) is 0 Å². The van der Waals surface area contributed by atoms with Crippen molar-refractivity contribution in [1.29, 1.82) is 0 Å². The SMILES string of the molecule is CC1CCCC(c2ccc(N)cc2)(c2ccc(N(c3ccccc3)c3ccc(C4CCCCC4)cc3)cc2)C1. The van der Waals surface area contributed by atoms with Gasteiger partial charge in [-0.05, 0) is 103 Å². The van der Waals surface area contributed by atoms with Crippen LogP contribution in [0, 0.1) is 5.92 Å². The largest absolute Gasteiger partial charge is 0.399 e. The van der Waals surface area contributed by atoms with Crippen LogP contribution >= 0.6 is 0 Å². The van der Waals surface area contributed by atoms with Crippen LogP contribution in [0.3, 0.4) is 0 Å². The first-order valence-electron chi connectivity index (χ1n) is 15.0. The highest BCUT2D eigenvalue weighted by atomic mass is 15.1. The highest BCUT2D eigenvalue weighted by Crippen LogP contribution is 2.48. The quantitative estimate of drug-likeness (QED) is 0.259. The number of nitrogens with two attached hydrogens (primary N) is 1. The van der Waals surface area contributed by atoms with Gasteiger partial charge in [-0.25, -0.2) is 0 Å². The van der Waals surface area contributed by atoms with Gasteiger partial charge >= 0.3 is 0 Å². The van der Waals surface area contributed by atoms with Gasteiger partial charge in [0.1, 0.15) is 0 Å². The summed E-state index contributed by atoms with van der Waals surface area (Å²) < 4.78 is 0. The van der Waals surface area contributed by atoms with Crippen molar-refractivity contribution < 1.29 is 0 Å². The second kappa shape index (κ2) is 11.3. The number of hydrogen-bond donors (Lipinski definition) is 1. The van der Waals surface area contributed by atoms with Gasteiger partial charge in [-0.2, -0.15) is 0 Å². The summed E-state index contributed by atoms with van der Waals surface area (Å²) in [6.45, 7) is 2.41. The van der Waals surface area contributed by atoms with E-state index >= 15 is 0 Å². The molecule has 4 aromatic carbocycles. The lowest BCUT2D eigenvalue weighted by atomic mass is 9.62. The van der Waals surface area contributed by atoms with E-state index in [-0.39, 0.29) is 5.41 Å². The first-order chi connectivity index (χ1) is 19.1. The molecule has 2 unspecified atom stereocenters. The average molecular weight is 515 g/mol. The van der Waals surface area contributed by atoms with Gasteiger partial charge in [0.05, 0.1) is 0 Å². The maximum Gasteiger partial charge on any atom is 0.0461 e. The number of hydrogen-bond acceptors (Lipinski definition) is 2. The zero-order chi connectivity index (χ0) is 26.7. The van der Waals surface area contributed by atoms with Crippen LogP contribution in [-0.2, 0) is 5.41 Å². The molecule has 0 aromatic heterocycles. The maximum atomic E-state index is 6.08. The minimum Gasteiger partial charge on any atom is -0.399 e. The van der Waals surface area contributed by atoms with E-state index in [4.69, 9.17) is 5.73 Å². The second-order valence-corrected chi connectivity index (χ2v) is 12.0. The van der Waals surface area contributed by atoms with Crippen molar-refractivity contribution in [2.45, 2.75) is 76.0 Å². The second-order valence-electron chi connectivity index (χ2n) is 12.0. The Labute approximate surface area is 234 Å². The van der Waals surface area contributed by atoms with Crippen molar-refractivity contribution in [3.63, 3.8) is 0 Å². The Balaban J connectivity index is 1.36. The summed E-state index contributed by atoms with van der Waals surface area (Å²) in [7, 11) is 0. The third-order valence-corrected chi connectivity index (χ3v) is 9.38. The number of nitrogens with zero attached hydrogens (tertiary/aromatic N) is 1. The molecule has 0 amide bonds. The van der Waals surface area contributed by atoms with Gasteiger partial charge in [0, 0.05) is 28.2 Å². The van der Waals surface area contributed by atoms with Crippen LogP contribution < -0.4 is 10.6 Å². The van der Waals surface area contributed by atoms with Crippen molar-refractivity contribution in [3.8, 4) is 0 Å². The van der Waals surface area contributed by atoms with E-state index in [2.05, 4.69) is 115 Å². The Morgan fingerprint density at radius 1 is 0.615 bits per heavy atom. The van der Waals surface area contributed by atoms with E-state index in [1.165, 1.54) is 91.5 Å². The van der Waals surface area contributed by atoms with Crippen molar-refractivity contribution in [1.82, 2.24) is 0 Å². The van der Waals surface area contributed by atoms with Crippen molar-refractivity contribution in [2.75, 3.05) is 10.6 Å². The first kappa shape index (κ1) is 25.7. The standard InChI is InChI=1S/C37H42N2/c1-28-9-8-26-37(27-28,31-16-20-33(38)21-17-31)32-18-24-36(25-19-32)39(34-12-6-3-7-13-34)35-22-14-30(15-23-35)29-10-4-2-5-11-29/h3,6-7,12-25,28-29H,2,4-5,8-11,26-27,38H2,1H3. The van der Waals surface area contributed by atoms with E-state index in [0.29, 0.717) is 5.92 Å². The molecule has 2 heteroatoms. The lowest BCUT2D eigenvalue weighted by Gasteiger charge is -2.41. The molecule has 2 nitrogen and oxygen atoms in total. The van der Waals surface area contributed by atoms with Crippen molar-refractivity contribution in [2.24, 2.45) is 5.92 Å². The third-order valence-electron chi connectivity index (χ3n) is 9.38. The van der Waals surface area contributed by atoms with E-state index < -0.39 is 0 Å². The number of anilines is 4. The Kier molecular flexibility index (Phi) is 7.46. The molecule has 0 spiro atoms. The molecule has 0 radical (unpaired) electrons. The van der Waals surface area contributed by atoms with E-state index in [0.717, 1.165) is 11.6 Å². The molecular formula is C37H42N2. The van der Waals surface area contributed by atoms with Crippen LogP contribution in [0.15, 0.2) is 103 Å². The topological polar surface area (TPSA) is 29.3 Å². The molecule has 2 fully saturated rings. The minimum absolute atomic E-state index is 0.0448. The number of nitrogen functional groups attached to an aromatic ring is 1. The van der Waals surface area contributed by atoms with Gasteiger partial charge in [0.2, 0.25) is 0 Å². The predicted octanol–water partition coefficient (Wildman–Crippen LogP) is 10.3. The van der Waals surface area contributed by atoms with Crippen LogP contribution in [-0.4, -0.2) is 0 Å². The van der Waals surface area contributed by atoms with Crippen LogP contribution in [0.5, 0.6) is 0 Å². The fourth-order valence-electron chi connectivity index (χ4n) is 7.33. The van der Waals surface area contributed by atoms with Crippen LogP contribution in [0.25, 0.3) is 0 Å². The highest BCUT2D eigenvalue weighted by molar-refractivity contribution is 5.76. The summed E-state index contributed by atoms with van der Waals surface area (Å²) in [5.74, 6) is 1.43. The number of para-hydroxylation sites is 1. The van der Waals surface area contributed by atoms with E-state index in [9.17, 15) is 0 Å². The monoisotopic (exact) mass is 514 g/mol. The molecular weight excluding hydrogens is 472 g/mol. The predicted molar refractivity (Wildman–Crippen MR) is 166 cm³/mol. The van der Waals surface area contributed by atoms with E-state index in [1.54, 1.807) is 0 Å². The fraction of sp³-hybridized carbons (Fsp3) is 0.351. The molecule has 0 saturated heterocycles. The number of rotatable bonds is 6. The molecule has 200 valence electrons. The Hall–Kier alpha value is -3.52. The van der Waals surface area contributed by atoms with E-state index in [1.807, 2.05) is 0 Å². The lowest BCUT2D eigenvalue weighted by molar-refractivity contribution is 0.272. The zero-order valence-electron chi connectivity index (χ0n) is 23.4. The Morgan fingerprint density at radius 2 is 1.18 bits per heavy atom. The molecule has 2 aliphatic carbocycles. The normalized spacial score (nSPS) is 21.9.